The summed E-state index contributed by atoms with van der Waals surface area (Å²) < 4.78 is 6.07. The Hall–Kier alpha value is -4.28. The highest BCUT2D eigenvalue weighted by Crippen LogP contribution is 2.30. The highest BCUT2D eigenvalue weighted by molar-refractivity contribution is 7.09. The topological polar surface area (TPSA) is 124 Å². The van der Waals surface area contributed by atoms with Gasteiger partial charge in [-0.25, -0.2) is 4.98 Å². The van der Waals surface area contributed by atoms with Crippen molar-refractivity contribution in [3.63, 3.8) is 0 Å². The van der Waals surface area contributed by atoms with Crippen LogP contribution >= 0.6 is 11.3 Å². The zero-order chi connectivity index (χ0) is 26.7. The van der Waals surface area contributed by atoms with E-state index in [1.807, 2.05) is 55.6 Å². The minimum Gasteiger partial charge on any atom is -0.419 e. The first-order valence-corrected chi connectivity index (χ1v) is 12.9. The van der Waals surface area contributed by atoms with E-state index in [0.29, 0.717) is 41.2 Å². The van der Waals surface area contributed by atoms with Crippen LogP contribution in [0, 0.1) is 6.92 Å². The molecular weight excluding hydrogens is 498 g/mol. The zero-order valence-corrected chi connectivity index (χ0v) is 22.1. The summed E-state index contributed by atoms with van der Waals surface area (Å²) in [5.41, 5.74) is 10.1. The summed E-state index contributed by atoms with van der Waals surface area (Å²) in [6, 6.07) is 15.3. The van der Waals surface area contributed by atoms with Crippen molar-refractivity contribution < 1.29 is 9.21 Å². The lowest BCUT2D eigenvalue weighted by Crippen LogP contribution is -2.35. The van der Waals surface area contributed by atoms with Crippen molar-refractivity contribution in [1.29, 1.82) is 0 Å². The number of carbonyl (C=O) groups is 1. The monoisotopic (exact) mass is 525 g/mol. The number of amides is 1. The Morgan fingerprint density at radius 1 is 1.11 bits per heavy atom. The number of aryl methyl sites for hydroxylation is 1. The molecule has 0 aliphatic carbocycles. The van der Waals surface area contributed by atoms with E-state index in [4.69, 9.17) is 10.2 Å². The van der Waals surface area contributed by atoms with E-state index in [2.05, 4.69) is 25.1 Å². The number of nitrogens with zero attached hydrogens (tertiary/aromatic N) is 6. The van der Waals surface area contributed by atoms with Crippen LogP contribution in [0.3, 0.4) is 0 Å². The first-order valence-electron chi connectivity index (χ1n) is 12.0. The summed E-state index contributed by atoms with van der Waals surface area (Å²) in [6.45, 7) is 4.19. The van der Waals surface area contributed by atoms with Crippen LogP contribution in [0.1, 0.15) is 39.4 Å². The molecule has 0 bridgehead atoms. The Labute approximate surface area is 224 Å². The van der Waals surface area contributed by atoms with Crippen molar-refractivity contribution >= 4 is 17.2 Å². The molecule has 2 N–H and O–H groups in total. The molecule has 10 heteroatoms. The van der Waals surface area contributed by atoms with Gasteiger partial charge in [0.1, 0.15) is 5.01 Å². The predicted octanol–water partition coefficient (Wildman–Crippen LogP) is 4.65. The Balaban J connectivity index is 1.48. The Kier molecular flexibility index (Phi) is 7.08. The molecule has 0 fully saturated rings. The predicted molar refractivity (Wildman–Crippen MR) is 145 cm³/mol. The minimum atomic E-state index is -0.875. The highest BCUT2D eigenvalue weighted by atomic mass is 32.1. The normalized spacial score (nSPS) is 12.7. The van der Waals surface area contributed by atoms with Gasteiger partial charge in [-0.1, -0.05) is 30.3 Å². The van der Waals surface area contributed by atoms with E-state index >= 15 is 0 Å². The molecule has 2 aromatic carbocycles. The van der Waals surface area contributed by atoms with Gasteiger partial charge in [0.15, 0.2) is 0 Å². The Morgan fingerprint density at radius 3 is 2.61 bits per heavy atom. The molecule has 38 heavy (non-hydrogen) atoms. The number of rotatable bonds is 8. The van der Waals surface area contributed by atoms with Crippen LogP contribution < -0.4 is 5.73 Å². The van der Waals surface area contributed by atoms with Gasteiger partial charge in [0.25, 0.3) is 5.91 Å². The second kappa shape index (κ2) is 10.6. The molecule has 3 aromatic heterocycles. The first kappa shape index (κ1) is 25.4. The molecule has 0 saturated heterocycles. The van der Waals surface area contributed by atoms with Crippen LogP contribution in [0.2, 0.25) is 0 Å². The summed E-state index contributed by atoms with van der Waals surface area (Å²) in [7, 11) is 1.75. The smallest absolute Gasteiger partial charge is 0.254 e. The van der Waals surface area contributed by atoms with E-state index in [0.717, 1.165) is 16.3 Å². The maximum absolute atomic E-state index is 13.5. The number of aromatic nitrogens is 5. The van der Waals surface area contributed by atoms with Crippen LogP contribution in [-0.2, 0) is 18.5 Å². The molecule has 5 aromatic rings. The minimum absolute atomic E-state index is 0.169. The number of carbonyl (C=O) groups excluding carboxylic acids is 1. The molecule has 0 aliphatic heterocycles. The van der Waals surface area contributed by atoms with Gasteiger partial charge in [0.05, 0.1) is 24.0 Å². The number of hydrogen-bond acceptors (Lipinski definition) is 9. The highest BCUT2D eigenvalue weighted by Gasteiger charge is 2.29. The zero-order valence-electron chi connectivity index (χ0n) is 21.3. The summed E-state index contributed by atoms with van der Waals surface area (Å²) in [6.07, 6.45) is 5.38. The summed E-state index contributed by atoms with van der Waals surface area (Å²) in [5, 5.41) is 11.4. The molecule has 0 spiro atoms. The van der Waals surface area contributed by atoms with Crippen LogP contribution in [0.25, 0.3) is 22.7 Å². The average molecular weight is 526 g/mol. The van der Waals surface area contributed by atoms with Gasteiger partial charge < -0.3 is 15.1 Å². The van der Waals surface area contributed by atoms with Gasteiger partial charge in [0.2, 0.25) is 11.8 Å². The lowest BCUT2D eigenvalue weighted by atomic mass is 9.94. The summed E-state index contributed by atoms with van der Waals surface area (Å²) >= 11 is 1.53. The fourth-order valence-corrected chi connectivity index (χ4v) is 4.93. The van der Waals surface area contributed by atoms with Gasteiger partial charge in [-0.3, -0.25) is 14.8 Å². The van der Waals surface area contributed by atoms with Crippen molar-refractivity contribution in [2.45, 2.75) is 32.4 Å². The second-order valence-corrected chi connectivity index (χ2v) is 10.4. The molecule has 9 nitrogen and oxygen atoms in total. The first-order chi connectivity index (χ1) is 18.3. The third-order valence-electron chi connectivity index (χ3n) is 6.00. The van der Waals surface area contributed by atoms with Crippen LogP contribution in [0.5, 0.6) is 0 Å². The lowest BCUT2D eigenvalue weighted by Gasteiger charge is -2.20. The van der Waals surface area contributed by atoms with E-state index < -0.39 is 5.54 Å². The van der Waals surface area contributed by atoms with Gasteiger partial charge in [-0.2, -0.15) is 0 Å². The third-order valence-corrected chi connectivity index (χ3v) is 6.95. The quantitative estimate of drug-likeness (QED) is 0.311. The number of thiazole rings is 1. The SMILES string of the molecule is Cc1csc(CN(C)C(=O)c2cc(-c3cnccn3)cc(-c3nnc([C@](C)(N)Cc4ccccc4)o3)c2)n1. The van der Waals surface area contributed by atoms with E-state index in [9.17, 15) is 4.79 Å². The summed E-state index contributed by atoms with van der Waals surface area (Å²) in [5.74, 6) is 0.408. The second-order valence-electron chi connectivity index (χ2n) is 9.43. The molecular formula is C28H27N7O2S. The molecule has 3 heterocycles. The van der Waals surface area contributed by atoms with Crippen molar-refractivity contribution in [1.82, 2.24) is 30.0 Å². The van der Waals surface area contributed by atoms with Crippen molar-refractivity contribution in [3.8, 4) is 22.7 Å². The molecule has 0 unspecified atom stereocenters. The van der Waals surface area contributed by atoms with Crippen molar-refractivity contribution in [2.75, 3.05) is 7.05 Å². The third kappa shape index (κ3) is 5.66. The maximum atomic E-state index is 13.5. The van der Waals surface area contributed by atoms with Gasteiger partial charge in [-0.05, 0) is 44.0 Å². The van der Waals surface area contributed by atoms with Crippen molar-refractivity contribution in [3.05, 3.63) is 100 Å². The number of nitrogens with two attached hydrogens (primary N) is 1. The largest absolute Gasteiger partial charge is 0.419 e. The van der Waals surface area contributed by atoms with Gasteiger partial charge in [-0.15, -0.1) is 21.5 Å². The number of hydrogen-bond donors (Lipinski definition) is 1. The fraction of sp³-hybridized carbons (Fsp3) is 0.214. The van der Waals surface area contributed by atoms with E-state index in [1.165, 1.54) is 11.3 Å². The van der Waals surface area contributed by atoms with Crippen LogP contribution in [-0.4, -0.2) is 43.0 Å². The Bertz CT molecular complexity index is 1550. The molecule has 1 atom stereocenters. The summed E-state index contributed by atoms with van der Waals surface area (Å²) in [4.78, 5) is 28.2. The molecule has 0 radical (unpaired) electrons. The molecule has 1 amide bonds. The number of benzene rings is 2. The fourth-order valence-electron chi connectivity index (χ4n) is 4.11. The van der Waals surface area contributed by atoms with Gasteiger partial charge in [0, 0.05) is 47.2 Å². The molecule has 192 valence electrons. The standard InChI is InChI=1S/C28H27N7O2S/c1-18-17-38-24(32-18)16-35(3)26(36)22-12-20(23-15-30-9-10-31-23)11-21(13-22)25-33-34-27(37-25)28(2,29)14-19-7-5-4-6-8-19/h4-13,15,17H,14,16,29H2,1-3H3/t28-/m1/s1. The van der Waals surface area contributed by atoms with E-state index in [1.54, 1.807) is 42.7 Å². The van der Waals surface area contributed by atoms with Crippen LogP contribution in [0.4, 0.5) is 0 Å². The van der Waals surface area contributed by atoms with Crippen LogP contribution in [0.15, 0.2) is 76.9 Å². The lowest BCUT2D eigenvalue weighted by molar-refractivity contribution is 0.0785. The maximum Gasteiger partial charge on any atom is 0.254 e. The average Bonchev–Trinajstić information content (AvgIpc) is 3.59. The molecule has 5 rings (SSSR count). The van der Waals surface area contributed by atoms with Gasteiger partial charge >= 0.3 is 0 Å². The van der Waals surface area contributed by atoms with E-state index in [-0.39, 0.29) is 11.8 Å². The molecule has 0 saturated carbocycles. The molecule has 0 aliphatic rings. The van der Waals surface area contributed by atoms with Crippen molar-refractivity contribution in [2.24, 2.45) is 5.73 Å². The Morgan fingerprint density at radius 2 is 1.89 bits per heavy atom.